The Bertz CT molecular complexity index is 258. The van der Waals surface area contributed by atoms with Gasteiger partial charge < -0.3 is 14.9 Å². The third kappa shape index (κ3) is 6.67. The zero-order valence-corrected chi connectivity index (χ0v) is 17.7. The lowest BCUT2D eigenvalue weighted by Crippen LogP contribution is -2.87. The summed E-state index contributed by atoms with van der Waals surface area (Å²) in [4.78, 5) is 11.7. The van der Waals surface area contributed by atoms with E-state index in [9.17, 15) is 0 Å². The van der Waals surface area contributed by atoms with Crippen LogP contribution in [-0.2, 0) is 0 Å². The van der Waals surface area contributed by atoms with Crippen molar-refractivity contribution >= 4 is 8.72 Å². The van der Waals surface area contributed by atoms with Crippen molar-refractivity contribution in [3.05, 3.63) is 0 Å². The molecule has 0 bridgehead atoms. The number of hydrogen-bond donors (Lipinski definition) is 3. The van der Waals surface area contributed by atoms with Crippen LogP contribution in [0.4, 0.5) is 0 Å². The molecule has 0 spiro atoms. The first kappa shape index (κ1) is 22.1. The normalized spacial score (nSPS) is 13.9. The molecule has 0 rings (SSSR count). The molecular formula is C17H42N4Si. The minimum absolute atomic E-state index is 0.0900. The van der Waals surface area contributed by atoms with Gasteiger partial charge >= 0.3 is 8.72 Å². The molecule has 5 heteroatoms. The Morgan fingerprint density at radius 1 is 0.636 bits per heavy atom. The summed E-state index contributed by atoms with van der Waals surface area (Å²) in [5, 5.41) is 0. The van der Waals surface area contributed by atoms with Crippen LogP contribution in [0.5, 0.6) is 0 Å². The topological polar surface area (TPSA) is 39.3 Å². The summed E-state index contributed by atoms with van der Waals surface area (Å²) in [6, 6.07) is 0. The molecule has 0 amide bonds. The lowest BCUT2D eigenvalue weighted by molar-refractivity contribution is 0.112. The third-order valence-corrected chi connectivity index (χ3v) is 7.87. The van der Waals surface area contributed by atoms with Gasteiger partial charge in [0, 0.05) is 11.1 Å². The first-order chi connectivity index (χ1) is 10.0. The number of rotatable bonds is 10. The Balaban J connectivity index is 5.77. The van der Waals surface area contributed by atoms with E-state index in [4.69, 9.17) is 0 Å². The molecule has 134 valence electrons. The smallest absolute Gasteiger partial charge is 0.301 e. The van der Waals surface area contributed by atoms with E-state index in [2.05, 4.69) is 81.8 Å². The van der Waals surface area contributed by atoms with E-state index in [0.717, 1.165) is 38.9 Å². The van der Waals surface area contributed by atoms with Crippen molar-refractivity contribution in [3.8, 4) is 0 Å². The zero-order valence-electron chi connectivity index (χ0n) is 16.7. The van der Waals surface area contributed by atoms with E-state index in [0.29, 0.717) is 0 Å². The van der Waals surface area contributed by atoms with Crippen molar-refractivity contribution in [2.75, 3.05) is 19.6 Å². The zero-order chi connectivity index (χ0) is 17.4. The van der Waals surface area contributed by atoms with Crippen LogP contribution in [0.2, 0.25) is 0 Å². The molecule has 0 radical (unpaired) electrons. The quantitative estimate of drug-likeness (QED) is 0.537. The molecule has 0 heterocycles. The summed E-state index contributed by atoms with van der Waals surface area (Å²) >= 11 is 0. The maximum absolute atomic E-state index is 3.91. The Morgan fingerprint density at radius 2 is 0.909 bits per heavy atom. The van der Waals surface area contributed by atoms with Crippen molar-refractivity contribution in [1.29, 1.82) is 0 Å². The third-order valence-electron chi connectivity index (χ3n) is 3.57. The summed E-state index contributed by atoms with van der Waals surface area (Å²) in [7, 11) is -2.18. The Labute approximate surface area is 141 Å². The monoisotopic (exact) mass is 330 g/mol. The fraction of sp³-hybridized carbons (Fsp3) is 1.00. The second kappa shape index (κ2) is 9.38. The van der Waals surface area contributed by atoms with Gasteiger partial charge in [0.15, 0.2) is 0 Å². The van der Waals surface area contributed by atoms with E-state index in [1.165, 1.54) is 0 Å². The molecule has 0 saturated carbocycles. The van der Waals surface area contributed by atoms with Crippen LogP contribution in [0.1, 0.15) is 81.6 Å². The molecule has 0 atom stereocenters. The van der Waals surface area contributed by atoms with Gasteiger partial charge in [-0.1, -0.05) is 20.8 Å². The molecule has 22 heavy (non-hydrogen) atoms. The highest BCUT2D eigenvalue weighted by Gasteiger charge is 2.50. The van der Waals surface area contributed by atoms with Crippen molar-refractivity contribution in [2.45, 2.75) is 92.7 Å². The Morgan fingerprint density at radius 3 is 1.09 bits per heavy atom. The fourth-order valence-electron chi connectivity index (χ4n) is 3.35. The van der Waals surface area contributed by atoms with Crippen LogP contribution in [0.25, 0.3) is 0 Å². The highest BCUT2D eigenvalue weighted by atomic mass is 28.4. The second-order valence-corrected chi connectivity index (χ2v) is 11.1. The van der Waals surface area contributed by atoms with Gasteiger partial charge in [-0.05, 0) is 80.4 Å². The largest absolute Gasteiger partial charge is 0.369 e. The van der Waals surface area contributed by atoms with E-state index < -0.39 is 8.72 Å². The van der Waals surface area contributed by atoms with Crippen LogP contribution < -0.4 is 14.9 Å². The van der Waals surface area contributed by atoms with Crippen molar-refractivity contribution in [1.82, 2.24) is 19.5 Å². The summed E-state index contributed by atoms with van der Waals surface area (Å²) in [5.74, 6) is 0. The van der Waals surface area contributed by atoms with Crippen LogP contribution in [0.15, 0.2) is 0 Å². The van der Waals surface area contributed by atoms with E-state index in [1.807, 2.05) is 0 Å². The molecule has 0 aromatic heterocycles. The molecule has 0 aliphatic carbocycles. The molecule has 0 aromatic rings. The van der Waals surface area contributed by atoms with Gasteiger partial charge in [0.05, 0.1) is 0 Å². The average molecular weight is 331 g/mol. The SMILES string of the molecule is CCCN[Si](NCCC)(NCCC)N(C(C)(C)C)C(C)(C)C. The standard InChI is InChI=1S/C17H42N4Si/c1-10-13-18-22(19-14-11-2,20-15-12-3)21(16(4,5)6)17(7,8)9/h18-20H,10-15H2,1-9H3. The Hall–Kier alpha value is 0.0569. The number of nitrogens with one attached hydrogen (secondary N) is 3. The molecule has 0 saturated heterocycles. The molecule has 0 aromatic carbocycles. The van der Waals surface area contributed by atoms with Crippen LogP contribution in [0, 0.1) is 0 Å². The molecule has 0 unspecified atom stereocenters. The van der Waals surface area contributed by atoms with Gasteiger partial charge in [-0.15, -0.1) is 0 Å². The van der Waals surface area contributed by atoms with Gasteiger partial charge in [-0.25, -0.2) is 0 Å². The summed E-state index contributed by atoms with van der Waals surface area (Å²) in [5.41, 5.74) is 0.180. The van der Waals surface area contributed by atoms with E-state index >= 15 is 0 Å². The number of hydrogen-bond acceptors (Lipinski definition) is 4. The summed E-state index contributed by atoms with van der Waals surface area (Å²) < 4.78 is 2.69. The fourth-order valence-corrected chi connectivity index (χ4v) is 8.05. The molecule has 0 aliphatic rings. The van der Waals surface area contributed by atoms with Crippen LogP contribution >= 0.6 is 0 Å². The first-order valence-corrected chi connectivity index (χ1v) is 11.1. The lowest BCUT2D eigenvalue weighted by Gasteiger charge is -2.55. The Kier molecular flexibility index (Phi) is 9.40. The van der Waals surface area contributed by atoms with Gasteiger partial charge in [0.1, 0.15) is 0 Å². The maximum Gasteiger partial charge on any atom is 0.369 e. The lowest BCUT2D eigenvalue weighted by atomic mass is 10.0. The predicted octanol–water partition coefficient (Wildman–Crippen LogP) is 3.32. The van der Waals surface area contributed by atoms with Crippen molar-refractivity contribution in [2.24, 2.45) is 0 Å². The molecule has 0 fully saturated rings. The predicted molar refractivity (Wildman–Crippen MR) is 102 cm³/mol. The molecule has 0 aliphatic heterocycles. The molecular weight excluding hydrogens is 288 g/mol. The summed E-state index contributed by atoms with van der Waals surface area (Å²) in [6.07, 6.45) is 3.45. The first-order valence-electron chi connectivity index (χ1n) is 9.10. The average Bonchev–Trinajstić information content (AvgIpc) is 2.37. The highest BCUT2D eigenvalue weighted by molar-refractivity contribution is 6.70. The van der Waals surface area contributed by atoms with Crippen molar-refractivity contribution < 1.29 is 0 Å². The minimum atomic E-state index is -2.18. The van der Waals surface area contributed by atoms with Crippen LogP contribution in [0.3, 0.4) is 0 Å². The molecule has 3 N–H and O–H groups in total. The van der Waals surface area contributed by atoms with E-state index in [-0.39, 0.29) is 11.1 Å². The number of nitrogens with zero attached hydrogens (tertiary/aromatic N) is 1. The van der Waals surface area contributed by atoms with Crippen LogP contribution in [-0.4, -0.2) is 44.0 Å². The van der Waals surface area contributed by atoms with Gasteiger partial charge in [-0.3, -0.25) is 4.57 Å². The maximum atomic E-state index is 3.91. The molecule has 4 nitrogen and oxygen atoms in total. The van der Waals surface area contributed by atoms with Gasteiger partial charge in [0.25, 0.3) is 0 Å². The van der Waals surface area contributed by atoms with E-state index in [1.54, 1.807) is 0 Å². The summed E-state index contributed by atoms with van der Waals surface area (Å²) in [6.45, 7) is 23.8. The van der Waals surface area contributed by atoms with Gasteiger partial charge in [0.2, 0.25) is 0 Å². The van der Waals surface area contributed by atoms with Gasteiger partial charge in [-0.2, -0.15) is 0 Å². The van der Waals surface area contributed by atoms with Crippen molar-refractivity contribution in [3.63, 3.8) is 0 Å². The second-order valence-electron chi connectivity index (χ2n) is 8.17. The highest BCUT2D eigenvalue weighted by Crippen LogP contribution is 2.28. The minimum Gasteiger partial charge on any atom is -0.301 e.